The molecule has 2 amide bonds. The molecule has 0 fully saturated rings. The van der Waals surface area contributed by atoms with E-state index in [2.05, 4.69) is 21.2 Å². The third kappa shape index (κ3) is 2.05. The van der Waals surface area contributed by atoms with Crippen molar-refractivity contribution in [2.75, 3.05) is 5.73 Å². The Bertz CT molecular complexity index is 886. The average Bonchev–Trinajstić information content (AvgIpc) is 2.75. The number of aromatic nitrogens is 1. The molecule has 0 saturated heterocycles. The molecular formula is C15H12BrN3O3. The molecule has 22 heavy (non-hydrogen) atoms. The van der Waals surface area contributed by atoms with Gasteiger partial charge in [-0.25, -0.2) is 0 Å². The minimum Gasteiger partial charge on any atom is -0.384 e. The molecule has 0 aliphatic carbocycles. The molecule has 0 saturated carbocycles. The summed E-state index contributed by atoms with van der Waals surface area (Å²) < 4.78 is 1.91. The quantitative estimate of drug-likeness (QED) is 0.794. The fraction of sp³-hybridized carbons (Fsp3) is 0.133. The number of amides is 2. The maximum absolute atomic E-state index is 12.3. The van der Waals surface area contributed by atoms with Gasteiger partial charge in [0, 0.05) is 10.5 Å². The van der Waals surface area contributed by atoms with E-state index in [1.54, 1.807) is 6.07 Å². The summed E-state index contributed by atoms with van der Waals surface area (Å²) in [5, 5.41) is 2.14. The first-order valence-electron chi connectivity index (χ1n) is 6.64. The molecule has 1 aromatic carbocycles. The van der Waals surface area contributed by atoms with Gasteiger partial charge in [0.25, 0.3) is 17.4 Å². The van der Waals surface area contributed by atoms with Gasteiger partial charge in [0.1, 0.15) is 5.82 Å². The number of carbonyl (C=O) groups excluding carboxylic acids is 2. The summed E-state index contributed by atoms with van der Waals surface area (Å²) in [7, 11) is 0. The second-order valence-corrected chi connectivity index (χ2v) is 5.77. The fourth-order valence-corrected chi connectivity index (χ4v) is 3.08. The van der Waals surface area contributed by atoms with Crippen molar-refractivity contribution in [2.45, 2.75) is 13.3 Å². The predicted octanol–water partition coefficient (Wildman–Crippen LogP) is 1.63. The van der Waals surface area contributed by atoms with Crippen molar-refractivity contribution in [1.29, 1.82) is 0 Å². The molecule has 7 heteroatoms. The van der Waals surface area contributed by atoms with Gasteiger partial charge < -0.3 is 5.73 Å². The molecular weight excluding hydrogens is 350 g/mol. The first-order chi connectivity index (χ1) is 10.4. The number of hydrogen-bond acceptors (Lipinski definition) is 4. The lowest BCUT2D eigenvalue weighted by atomic mass is 10.1. The average molecular weight is 362 g/mol. The van der Waals surface area contributed by atoms with Crippen molar-refractivity contribution in [2.24, 2.45) is 0 Å². The highest BCUT2D eigenvalue weighted by Crippen LogP contribution is 2.27. The number of benzene rings is 1. The molecule has 112 valence electrons. The van der Waals surface area contributed by atoms with Crippen LogP contribution in [0.5, 0.6) is 0 Å². The van der Waals surface area contributed by atoms with E-state index in [9.17, 15) is 14.4 Å². The monoisotopic (exact) mass is 361 g/mol. The van der Waals surface area contributed by atoms with Crippen LogP contribution in [0.2, 0.25) is 0 Å². The lowest BCUT2D eigenvalue weighted by Gasteiger charge is -2.14. The number of aryl methyl sites for hydroxylation is 1. The smallest absolute Gasteiger partial charge is 0.262 e. The summed E-state index contributed by atoms with van der Waals surface area (Å²) in [6.45, 7) is 2.02. The number of anilines is 1. The fourth-order valence-electron chi connectivity index (χ4n) is 2.48. The van der Waals surface area contributed by atoms with Gasteiger partial charge in [-0.05, 0) is 40.0 Å². The second kappa shape index (κ2) is 5.10. The molecule has 0 unspecified atom stereocenters. The maximum Gasteiger partial charge on any atom is 0.262 e. The van der Waals surface area contributed by atoms with E-state index in [-0.39, 0.29) is 16.9 Å². The number of nitrogen functional groups attached to an aromatic ring is 1. The van der Waals surface area contributed by atoms with Crippen LogP contribution in [-0.4, -0.2) is 16.4 Å². The number of hydrogen-bond donors (Lipinski definition) is 2. The van der Waals surface area contributed by atoms with E-state index in [4.69, 9.17) is 5.73 Å². The maximum atomic E-state index is 12.3. The summed E-state index contributed by atoms with van der Waals surface area (Å²) in [5.41, 5.74) is 7.20. The predicted molar refractivity (Wildman–Crippen MR) is 85.3 cm³/mol. The number of nitrogens with one attached hydrogen (secondary N) is 1. The number of imide groups is 1. The van der Waals surface area contributed by atoms with Crippen LogP contribution in [0.15, 0.2) is 33.5 Å². The summed E-state index contributed by atoms with van der Waals surface area (Å²) in [6, 6.07) is 6.65. The Morgan fingerprint density at radius 2 is 1.91 bits per heavy atom. The summed E-state index contributed by atoms with van der Waals surface area (Å²) >= 11 is 3.42. The Balaban J connectivity index is 2.30. The highest BCUT2D eigenvalue weighted by atomic mass is 79.9. The van der Waals surface area contributed by atoms with E-state index in [1.807, 2.05) is 19.1 Å². The minimum atomic E-state index is -0.601. The second-order valence-electron chi connectivity index (χ2n) is 4.91. The summed E-state index contributed by atoms with van der Waals surface area (Å²) in [4.78, 5) is 35.8. The van der Waals surface area contributed by atoms with Gasteiger partial charge in [0.2, 0.25) is 0 Å². The minimum absolute atomic E-state index is 0.0186. The van der Waals surface area contributed by atoms with Crippen LogP contribution in [0.3, 0.4) is 0 Å². The van der Waals surface area contributed by atoms with Gasteiger partial charge in [-0.1, -0.05) is 13.0 Å². The first kappa shape index (κ1) is 14.5. The number of nitrogens with zero attached hydrogens (tertiary/aromatic N) is 1. The van der Waals surface area contributed by atoms with Gasteiger partial charge in [0.15, 0.2) is 0 Å². The van der Waals surface area contributed by atoms with E-state index >= 15 is 0 Å². The van der Waals surface area contributed by atoms with Crippen molar-refractivity contribution in [3.8, 4) is 5.69 Å². The van der Waals surface area contributed by atoms with Gasteiger partial charge >= 0.3 is 0 Å². The third-order valence-corrected chi connectivity index (χ3v) is 4.25. The van der Waals surface area contributed by atoms with Crippen LogP contribution in [0.25, 0.3) is 5.69 Å². The van der Waals surface area contributed by atoms with Crippen molar-refractivity contribution >= 4 is 33.6 Å². The zero-order valence-corrected chi connectivity index (χ0v) is 13.2. The molecule has 0 spiro atoms. The molecule has 6 nitrogen and oxygen atoms in total. The third-order valence-electron chi connectivity index (χ3n) is 3.61. The summed E-state index contributed by atoms with van der Waals surface area (Å²) in [6.07, 6.45) is 0.852. The van der Waals surface area contributed by atoms with Crippen LogP contribution in [-0.2, 0) is 6.42 Å². The van der Waals surface area contributed by atoms with Crippen molar-refractivity contribution in [1.82, 2.24) is 9.88 Å². The lowest BCUT2D eigenvalue weighted by Crippen LogP contribution is -2.24. The van der Waals surface area contributed by atoms with E-state index < -0.39 is 17.4 Å². The molecule has 0 bridgehead atoms. The van der Waals surface area contributed by atoms with Crippen LogP contribution in [0.1, 0.15) is 33.2 Å². The Kier molecular flexibility index (Phi) is 3.37. The van der Waals surface area contributed by atoms with Gasteiger partial charge in [0.05, 0.1) is 16.8 Å². The standard InChI is InChI=1S/C15H12BrN3O3/c1-2-7-3-4-10(9(16)5-7)19-11(20)6-8-12(13(19)17)15(22)18-14(8)21/h3-6H,2,17H2,1H3,(H,18,21,22). The lowest BCUT2D eigenvalue weighted by molar-refractivity contribution is 0.0880. The zero-order chi connectivity index (χ0) is 16.0. The number of nitrogens with two attached hydrogens (primary N) is 1. The van der Waals surface area contributed by atoms with E-state index in [1.165, 1.54) is 4.57 Å². The molecule has 3 N–H and O–H groups in total. The number of halogens is 1. The number of rotatable bonds is 2. The molecule has 0 radical (unpaired) electrons. The first-order valence-corrected chi connectivity index (χ1v) is 7.43. The molecule has 2 heterocycles. The topological polar surface area (TPSA) is 94.2 Å². The highest BCUT2D eigenvalue weighted by molar-refractivity contribution is 9.10. The van der Waals surface area contributed by atoms with Crippen LogP contribution in [0, 0.1) is 0 Å². The molecule has 1 aliphatic heterocycles. The van der Waals surface area contributed by atoms with Crippen molar-refractivity contribution in [3.63, 3.8) is 0 Å². The normalized spacial score (nSPS) is 13.2. The molecule has 1 aliphatic rings. The largest absolute Gasteiger partial charge is 0.384 e. The molecule has 3 rings (SSSR count). The molecule has 1 aromatic heterocycles. The van der Waals surface area contributed by atoms with E-state index in [0.29, 0.717) is 10.2 Å². The van der Waals surface area contributed by atoms with Crippen LogP contribution >= 0.6 is 15.9 Å². The zero-order valence-electron chi connectivity index (χ0n) is 11.6. The Morgan fingerprint density at radius 3 is 2.55 bits per heavy atom. The molecule has 2 aromatic rings. The Labute approximate surface area is 134 Å². The Hall–Kier alpha value is -2.41. The van der Waals surface area contributed by atoms with Crippen LogP contribution in [0.4, 0.5) is 5.82 Å². The highest BCUT2D eigenvalue weighted by Gasteiger charge is 2.32. The van der Waals surface area contributed by atoms with Crippen molar-refractivity contribution in [3.05, 3.63) is 55.8 Å². The van der Waals surface area contributed by atoms with Gasteiger partial charge in [-0.2, -0.15) is 0 Å². The number of fused-ring (bicyclic) bond motifs is 1. The Morgan fingerprint density at radius 1 is 1.18 bits per heavy atom. The van der Waals surface area contributed by atoms with E-state index in [0.717, 1.165) is 18.1 Å². The number of pyridine rings is 1. The van der Waals surface area contributed by atoms with Crippen LogP contribution < -0.4 is 16.6 Å². The van der Waals surface area contributed by atoms with Gasteiger partial charge in [-0.15, -0.1) is 0 Å². The SMILES string of the molecule is CCc1ccc(-n2c(N)c3c(cc2=O)C(=O)NC3=O)c(Br)c1. The van der Waals surface area contributed by atoms with Gasteiger partial charge in [-0.3, -0.25) is 24.3 Å². The van der Waals surface area contributed by atoms with Crippen molar-refractivity contribution < 1.29 is 9.59 Å². The summed E-state index contributed by atoms with van der Waals surface area (Å²) in [5.74, 6) is -1.24. The number of carbonyl (C=O) groups is 2. The molecule has 0 atom stereocenters.